The lowest BCUT2D eigenvalue weighted by molar-refractivity contribution is 0.0696. The summed E-state index contributed by atoms with van der Waals surface area (Å²) in [6.07, 6.45) is -0.00320. The van der Waals surface area contributed by atoms with Crippen LogP contribution in [0.25, 0.3) is 0 Å². The Balaban J connectivity index is 2.27. The molecule has 1 aliphatic heterocycles. The summed E-state index contributed by atoms with van der Waals surface area (Å²) in [5.41, 5.74) is 1.08. The van der Waals surface area contributed by atoms with Crippen LogP contribution in [-0.4, -0.2) is 36.8 Å². The molecule has 0 spiro atoms. The summed E-state index contributed by atoms with van der Waals surface area (Å²) < 4.78 is 5.79. The Labute approximate surface area is 99.8 Å². The number of carbonyl (C=O) groups is 1. The van der Waals surface area contributed by atoms with Crippen LogP contribution in [0.2, 0.25) is 0 Å². The highest BCUT2D eigenvalue weighted by Crippen LogP contribution is 2.32. The predicted molar refractivity (Wildman–Crippen MR) is 64.8 cm³/mol. The maximum absolute atomic E-state index is 10.9. The Kier molecular flexibility index (Phi) is 3.19. The molecule has 2 atom stereocenters. The Bertz CT molecular complexity index is 434. The first-order valence-corrected chi connectivity index (χ1v) is 5.57. The molecule has 1 aliphatic rings. The SMILES string of the molecule is CNCC1Oc2cc(C(=O)O)ccc2NC1C. The molecule has 1 heterocycles. The molecule has 1 aromatic rings. The molecule has 3 N–H and O–H groups in total. The van der Waals surface area contributed by atoms with Gasteiger partial charge in [-0.05, 0) is 32.2 Å². The summed E-state index contributed by atoms with van der Waals surface area (Å²) in [7, 11) is 1.86. The molecular formula is C12H16N2O3. The fraction of sp³-hybridized carbons (Fsp3) is 0.417. The first-order valence-electron chi connectivity index (χ1n) is 5.57. The van der Waals surface area contributed by atoms with E-state index >= 15 is 0 Å². The second kappa shape index (κ2) is 4.63. The van der Waals surface area contributed by atoms with Crippen molar-refractivity contribution in [1.82, 2.24) is 5.32 Å². The van der Waals surface area contributed by atoms with Crippen LogP contribution in [0.15, 0.2) is 18.2 Å². The van der Waals surface area contributed by atoms with Crippen LogP contribution < -0.4 is 15.4 Å². The van der Waals surface area contributed by atoms with Gasteiger partial charge in [-0.1, -0.05) is 0 Å². The highest BCUT2D eigenvalue weighted by Gasteiger charge is 2.26. The summed E-state index contributed by atoms with van der Waals surface area (Å²) in [4.78, 5) is 10.9. The van der Waals surface area contributed by atoms with E-state index in [0.29, 0.717) is 12.3 Å². The minimum atomic E-state index is -0.944. The molecule has 0 amide bonds. The average molecular weight is 236 g/mol. The lowest BCUT2D eigenvalue weighted by Gasteiger charge is -2.33. The number of benzene rings is 1. The van der Waals surface area contributed by atoms with Crippen LogP contribution in [0, 0.1) is 0 Å². The summed E-state index contributed by atoms with van der Waals surface area (Å²) in [6, 6.07) is 5.05. The van der Waals surface area contributed by atoms with Gasteiger partial charge in [0.2, 0.25) is 0 Å². The number of hydrogen-bond donors (Lipinski definition) is 3. The molecule has 5 heteroatoms. The highest BCUT2D eigenvalue weighted by atomic mass is 16.5. The van der Waals surface area contributed by atoms with Crippen LogP contribution in [0.3, 0.4) is 0 Å². The summed E-state index contributed by atoms with van der Waals surface area (Å²) >= 11 is 0. The molecule has 5 nitrogen and oxygen atoms in total. The Morgan fingerprint density at radius 3 is 3.00 bits per heavy atom. The molecule has 0 fully saturated rings. The van der Waals surface area contributed by atoms with Crippen molar-refractivity contribution < 1.29 is 14.6 Å². The van der Waals surface area contributed by atoms with E-state index < -0.39 is 5.97 Å². The summed E-state index contributed by atoms with van der Waals surface area (Å²) in [5, 5.41) is 15.3. The van der Waals surface area contributed by atoms with Gasteiger partial charge >= 0.3 is 5.97 Å². The van der Waals surface area contributed by atoms with Crippen molar-refractivity contribution >= 4 is 11.7 Å². The Hall–Kier alpha value is -1.75. The third-order valence-electron chi connectivity index (χ3n) is 2.85. The van der Waals surface area contributed by atoms with Crippen molar-refractivity contribution in [2.45, 2.75) is 19.1 Å². The second-order valence-electron chi connectivity index (χ2n) is 4.16. The Morgan fingerprint density at radius 2 is 2.35 bits per heavy atom. The quantitative estimate of drug-likeness (QED) is 0.734. The molecule has 0 bridgehead atoms. The lowest BCUT2D eigenvalue weighted by Crippen LogP contribution is -2.45. The number of nitrogens with one attached hydrogen (secondary N) is 2. The van der Waals surface area contributed by atoms with Gasteiger partial charge in [0, 0.05) is 6.54 Å². The van der Waals surface area contributed by atoms with Crippen molar-refractivity contribution in [2.24, 2.45) is 0 Å². The van der Waals surface area contributed by atoms with Gasteiger partial charge < -0.3 is 20.5 Å². The molecule has 0 radical (unpaired) electrons. The fourth-order valence-corrected chi connectivity index (χ4v) is 1.90. The minimum absolute atomic E-state index is 0.00320. The van der Waals surface area contributed by atoms with Gasteiger partial charge in [-0.15, -0.1) is 0 Å². The zero-order valence-electron chi connectivity index (χ0n) is 9.86. The predicted octanol–water partition coefficient (Wildman–Crippen LogP) is 1.17. The molecular weight excluding hydrogens is 220 g/mol. The van der Waals surface area contributed by atoms with Crippen molar-refractivity contribution in [3.8, 4) is 5.75 Å². The van der Waals surface area contributed by atoms with E-state index in [1.807, 2.05) is 14.0 Å². The first kappa shape index (κ1) is 11.7. The van der Waals surface area contributed by atoms with E-state index in [2.05, 4.69) is 10.6 Å². The van der Waals surface area contributed by atoms with Crippen molar-refractivity contribution in [1.29, 1.82) is 0 Å². The first-order chi connectivity index (χ1) is 8.11. The van der Waals surface area contributed by atoms with Crippen LogP contribution in [0.5, 0.6) is 5.75 Å². The smallest absolute Gasteiger partial charge is 0.335 e. The molecule has 17 heavy (non-hydrogen) atoms. The van der Waals surface area contributed by atoms with Gasteiger partial charge in [0.15, 0.2) is 0 Å². The third kappa shape index (κ3) is 2.34. The van der Waals surface area contributed by atoms with Crippen LogP contribution in [0.4, 0.5) is 5.69 Å². The van der Waals surface area contributed by atoms with Crippen LogP contribution in [0.1, 0.15) is 17.3 Å². The third-order valence-corrected chi connectivity index (χ3v) is 2.85. The second-order valence-corrected chi connectivity index (χ2v) is 4.16. The normalized spacial score (nSPS) is 22.2. The van der Waals surface area contributed by atoms with E-state index in [4.69, 9.17) is 9.84 Å². The molecule has 2 rings (SSSR count). The van der Waals surface area contributed by atoms with Gasteiger partial charge in [0.05, 0.1) is 17.3 Å². The van der Waals surface area contributed by atoms with Gasteiger partial charge in [-0.25, -0.2) is 4.79 Å². The maximum atomic E-state index is 10.9. The number of fused-ring (bicyclic) bond motifs is 1. The van der Waals surface area contributed by atoms with Crippen LogP contribution >= 0.6 is 0 Å². The molecule has 0 aliphatic carbocycles. The summed E-state index contributed by atoms with van der Waals surface area (Å²) in [6.45, 7) is 2.75. The number of anilines is 1. The van der Waals surface area contributed by atoms with Crippen molar-refractivity contribution in [3.63, 3.8) is 0 Å². The van der Waals surface area contributed by atoms with Gasteiger partial charge in [-0.2, -0.15) is 0 Å². The topological polar surface area (TPSA) is 70.6 Å². The number of hydrogen-bond acceptors (Lipinski definition) is 4. The largest absolute Gasteiger partial charge is 0.485 e. The zero-order chi connectivity index (χ0) is 12.4. The molecule has 0 aromatic heterocycles. The molecule has 92 valence electrons. The number of carboxylic acid groups (broad SMARTS) is 1. The number of rotatable bonds is 3. The summed E-state index contributed by atoms with van der Waals surface area (Å²) in [5.74, 6) is -0.344. The van der Waals surface area contributed by atoms with Gasteiger partial charge in [-0.3, -0.25) is 0 Å². The Morgan fingerprint density at radius 1 is 1.59 bits per heavy atom. The van der Waals surface area contributed by atoms with E-state index in [9.17, 15) is 4.79 Å². The maximum Gasteiger partial charge on any atom is 0.335 e. The molecule has 0 saturated carbocycles. The van der Waals surface area contributed by atoms with E-state index in [1.54, 1.807) is 18.2 Å². The zero-order valence-corrected chi connectivity index (χ0v) is 9.86. The number of carboxylic acids is 1. The van der Waals surface area contributed by atoms with E-state index in [-0.39, 0.29) is 17.7 Å². The molecule has 0 saturated heterocycles. The number of ether oxygens (including phenoxy) is 1. The van der Waals surface area contributed by atoms with Crippen molar-refractivity contribution in [3.05, 3.63) is 23.8 Å². The molecule has 2 unspecified atom stereocenters. The molecule has 1 aromatic carbocycles. The highest BCUT2D eigenvalue weighted by molar-refractivity contribution is 5.89. The number of aromatic carboxylic acids is 1. The standard InChI is InChI=1S/C12H16N2O3/c1-7-11(6-13-2)17-10-5-8(12(15)16)3-4-9(10)14-7/h3-5,7,11,13-14H,6H2,1-2H3,(H,15,16). The van der Waals surface area contributed by atoms with E-state index in [0.717, 1.165) is 5.69 Å². The van der Waals surface area contributed by atoms with Gasteiger partial charge in [0.25, 0.3) is 0 Å². The number of likely N-dealkylation sites (N-methyl/N-ethyl adjacent to an activating group) is 1. The minimum Gasteiger partial charge on any atom is -0.485 e. The lowest BCUT2D eigenvalue weighted by atomic mass is 10.1. The average Bonchev–Trinajstić information content (AvgIpc) is 2.29. The monoisotopic (exact) mass is 236 g/mol. The van der Waals surface area contributed by atoms with E-state index in [1.165, 1.54) is 0 Å². The van der Waals surface area contributed by atoms with Crippen molar-refractivity contribution in [2.75, 3.05) is 18.9 Å². The van der Waals surface area contributed by atoms with Crippen LogP contribution in [-0.2, 0) is 0 Å². The van der Waals surface area contributed by atoms with Gasteiger partial charge in [0.1, 0.15) is 11.9 Å². The fourth-order valence-electron chi connectivity index (χ4n) is 1.90.